The number of piperazine rings is 1. The first-order valence-electron chi connectivity index (χ1n) is 9.19. The predicted octanol–water partition coefficient (Wildman–Crippen LogP) is 2.82. The minimum atomic E-state index is -0.259. The Morgan fingerprint density at radius 2 is 1.81 bits per heavy atom. The van der Waals surface area contributed by atoms with E-state index in [1.165, 1.54) is 5.56 Å². The molecule has 1 saturated heterocycles. The highest BCUT2D eigenvalue weighted by molar-refractivity contribution is 5.68. The fourth-order valence-corrected chi connectivity index (χ4v) is 3.32. The summed E-state index contributed by atoms with van der Waals surface area (Å²) in [5.74, 6) is 1.22. The molecule has 1 aromatic carbocycles. The number of nitrogens with one attached hydrogen (secondary N) is 1. The Hall–Kier alpha value is -2.90. The number of anilines is 3. The number of rotatable bonds is 4. The Kier molecular flexibility index (Phi) is 5.73. The lowest BCUT2D eigenvalue weighted by molar-refractivity contribution is 0.105. The van der Waals surface area contributed by atoms with Crippen LogP contribution < -0.4 is 10.2 Å². The van der Waals surface area contributed by atoms with Gasteiger partial charge in [0.25, 0.3) is 0 Å². The summed E-state index contributed by atoms with van der Waals surface area (Å²) in [6.07, 6.45) is 1.39. The van der Waals surface area contributed by atoms with Crippen molar-refractivity contribution in [3.63, 3.8) is 0 Å². The Labute approximate surface area is 159 Å². The van der Waals surface area contributed by atoms with Crippen LogP contribution in [-0.4, -0.2) is 59.0 Å². The number of hydrogen-bond acceptors (Lipinski definition) is 7. The monoisotopic (exact) mass is 370 g/mol. The van der Waals surface area contributed by atoms with Gasteiger partial charge in [0.15, 0.2) is 5.82 Å². The van der Waals surface area contributed by atoms with Crippen LogP contribution in [-0.2, 0) is 4.74 Å². The number of hydrogen-bond donors (Lipinski definition) is 1. The van der Waals surface area contributed by atoms with Gasteiger partial charge in [-0.3, -0.25) is 0 Å². The highest BCUT2D eigenvalue weighted by Gasteiger charge is 2.23. The van der Waals surface area contributed by atoms with Gasteiger partial charge in [0, 0.05) is 31.9 Å². The van der Waals surface area contributed by atoms with Crippen LogP contribution in [0.15, 0.2) is 18.3 Å². The molecule has 1 amide bonds. The third-order valence-electron chi connectivity index (χ3n) is 4.59. The molecule has 1 aromatic heterocycles. The van der Waals surface area contributed by atoms with Gasteiger partial charge in [-0.2, -0.15) is 10.1 Å². The van der Waals surface area contributed by atoms with Crippen molar-refractivity contribution in [3.8, 4) is 0 Å². The summed E-state index contributed by atoms with van der Waals surface area (Å²) >= 11 is 0. The summed E-state index contributed by atoms with van der Waals surface area (Å²) in [6, 6.07) is 4.25. The van der Waals surface area contributed by atoms with Crippen LogP contribution in [0.5, 0.6) is 0 Å². The van der Waals surface area contributed by atoms with E-state index in [1.807, 2.05) is 6.92 Å². The van der Waals surface area contributed by atoms with Crippen molar-refractivity contribution in [2.75, 3.05) is 43.0 Å². The molecule has 2 aromatic rings. The zero-order valence-corrected chi connectivity index (χ0v) is 16.3. The molecule has 8 heteroatoms. The van der Waals surface area contributed by atoms with Crippen LogP contribution in [0, 0.1) is 20.8 Å². The van der Waals surface area contributed by atoms with E-state index in [0.29, 0.717) is 38.7 Å². The van der Waals surface area contributed by atoms with E-state index in [1.54, 1.807) is 11.1 Å². The third-order valence-corrected chi connectivity index (χ3v) is 4.59. The first-order valence-corrected chi connectivity index (χ1v) is 9.19. The van der Waals surface area contributed by atoms with Crippen LogP contribution in [0.2, 0.25) is 0 Å². The van der Waals surface area contributed by atoms with Gasteiger partial charge in [0.05, 0.1) is 12.8 Å². The van der Waals surface area contributed by atoms with Gasteiger partial charge in [-0.1, -0.05) is 17.7 Å². The van der Waals surface area contributed by atoms with Gasteiger partial charge >= 0.3 is 6.09 Å². The molecule has 0 aliphatic carbocycles. The van der Waals surface area contributed by atoms with Crippen molar-refractivity contribution < 1.29 is 9.53 Å². The zero-order valence-electron chi connectivity index (χ0n) is 16.3. The van der Waals surface area contributed by atoms with Crippen LogP contribution in [0.1, 0.15) is 23.6 Å². The molecule has 1 N–H and O–H groups in total. The standard InChI is InChI=1S/C19H26N6O2/c1-5-27-19(26)25-8-6-24(7-9-25)16-12-20-23-18(21-16)22-17-14(3)10-13(2)11-15(17)4/h10-12H,5-9H2,1-4H3,(H,21,22,23). The molecule has 2 heterocycles. The van der Waals surface area contributed by atoms with Crippen molar-refractivity contribution in [2.45, 2.75) is 27.7 Å². The molecule has 0 bridgehead atoms. The lowest BCUT2D eigenvalue weighted by Gasteiger charge is -2.34. The number of ether oxygens (including phenoxy) is 1. The number of aryl methyl sites for hydroxylation is 3. The third kappa shape index (κ3) is 4.45. The molecular formula is C19H26N6O2. The normalized spacial score (nSPS) is 14.2. The number of nitrogens with zero attached hydrogens (tertiary/aromatic N) is 5. The summed E-state index contributed by atoms with van der Waals surface area (Å²) in [5, 5.41) is 11.5. The second kappa shape index (κ2) is 8.20. The zero-order chi connectivity index (χ0) is 19.4. The summed E-state index contributed by atoms with van der Waals surface area (Å²) < 4.78 is 5.06. The fraction of sp³-hybridized carbons (Fsp3) is 0.474. The molecule has 144 valence electrons. The fourth-order valence-electron chi connectivity index (χ4n) is 3.32. The van der Waals surface area contributed by atoms with Gasteiger partial charge in [0.1, 0.15) is 0 Å². The van der Waals surface area contributed by atoms with Crippen molar-refractivity contribution >= 4 is 23.5 Å². The first kappa shape index (κ1) is 18.9. The average molecular weight is 370 g/mol. The van der Waals surface area contributed by atoms with Gasteiger partial charge in [-0.25, -0.2) is 4.79 Å². The van der Waals surface area contributed by atoms with Gasteiger partial charge < -0.3 is 19.9 Å². The number of amides is 1. The predicted molar refractivity (Wildman–Crippen MR) is 105 cm³/mol. The van der Waals surface area contributed by atoms with Crippen molar-refractivity contribution in [1.82, 2.24) is 20.1 Å². The lowest BCUT2D eigenvalue weighted by Crippen LogP contribution is -2.49. The molecule has 0 saturated carbocycles. The van der Waals surface area contributed by atoms with Crippen molar-refractivity contribution in [2.24, 2.45) is 0 Å². The van der Waals surface area contributed by atoms with E-state index in [2.05, 4.69) is 58.3 Å². The minimum absolute atomic E-state index is 0.259. The first-order chi connectivity index (χ1) is 13.0. The second-order valence-electron chi connectivity index (χ2n) is 6.71. The summed E-state index contributed by atoms with van der Waals surface area (Å²) in [6.45, 7) is 11.0. The molecular weight excluding hydrogens is 344 g/mol. The highest BCUT2D eigenvalue weighted by atomic mass is 16.6. The number of carbonyl (C=O) groups excluding carboxylic acids is 1. The van der Waals surface area contributed by atoms with Crippen LogP contribution >= 0.6 is 0 Å². The van der Waals surface area contributed by atoms with E-state index in [0.717, 1.165) is 22.6 Å². The number of carbonyl (C=O) groups is 1. The quantitative estimate of drug-likeness (QED) is 0.886. The molecule has 0 spiro atoms. The Bertz CT molecular complexity index is 795. The average Bonchev–Trinajstić information content (AvgIpc) is 2.65. The minimum Gasteiger partial charge on any atom is -0.450 e. The molecule has 1 aliphatic rings. The summed E-state index contributed by atoms with van der Waals surface area (Å²) in [4.78, 5) is 20.2. The lowest BCUT2D eigenvalue weighted by atomic mass is 10.1. The summed E-state index contributed by atoms with van der Waals surface area (Å²) in [7, 11) is 0. The van der Waals surface area contributed by atoms with E-state index >= 15 is 0 Å². The molecule has 27 heavy (non-hydrogen) atoms. The maximum atomic E-state index is 11.8. The maximum absolute atomic E-state index is 11.8. The summed E-state index contributed by atoms with van der Waals surface area (Å²) in [5.41, 5.74) is 4.52. The molecule has 0 radical (unpaired) electrons. The Morgan fingerprint density at radius 3 is 2.44 bits per heavy atom. The molecule has 3 rings (SSSR count). The number of aromatic nitrogens is 3. The van der Waals surface area contributed by atoms with E-state index in [4.69, 9.17) is 4.74 Å². The van der Waals surface area contributed by atoms with E-state index in [-0.39, 0.29) is 6.09 Å². The molecule has 1 aliphatic heterocycles. The van der Waals surface area contributed by atoms with Crippen molar-refractivity contribution in [3.05, 3.63) is 35.0 Å². The van der Waals surface area contributed by atoms with E-state index in [9.17, 15) is 4.79 Å². The largest absolute Gasteiger partial charge is 0.450 e. The van der Waals surface area contributed by atoms with Gasteiger partial charge in [-0.05, 0) is 38.8 Å². The number of benzene rings is 1. The van der Waals surface area contributed by atoms with Gasteiger partial charge in [-0.15, -0.1) is 5.10 Å². The topological polar surface area (TPSA) is 83.5 Å². The Morgan fingerprint density at radius 1 is 1.15 bits per heavy atom. The van der Waals surface area contributed by atoms with Crippen LogP contribution in [0.25, 0.3) is 0 Å². The van der Waals surface area contributed by atoms with E-state index < -0.39 is 0 Å². The molecule has 1 fully saturated rings. The van der Waals surface area contributed by atoms with Crippen LogP contribution in [0.4, 0.5) is 22.2 Å². The molecule has 8 nitrogen and oxygen atoms in total. The van der Waals surface area contributed by atoms with Crippen molar-refractivity contribution in [1.29, 1.82) is 0 Å². The van der Waals surface area contributed by atoms with Crippen LogP contribution in [0.3, 0.4) is 0 Å². The smallest absolute Gasteiger partial charge is 0.409 e. The second-order valence-corrected chi connectivity index (χ2v) is 6.71. The SMILES string of the molecule is CCOC(=O)N1CCN(c2cnnc(Nc3c(C)cc(C)cc3C)n2)CC1. The Balaban J connectivity index is 1.69. The molecule has 0 unspecified atom stereocenters. The molecule has 0 atom stereocenters. The van der Waals surface area contributed by atoms with Gasteiger partial charge in [0.2, 0.25) is 5.95 Å². The maximum Gasteiger partial charge on any atom is 0.409 e. The highest BCUT2D eigenvalue weighted by Crippen LogP contribution is 2.25.